The van der Waals surface area contributed by atoms with Crippen LogP contribution in [0.4, 0.5) is 5.13 Å². The first-order valence-electron chi connectivity index (χ1n) is 8.45. The molecule has 9 heteroatoms. The number of thiazole rings is 1. The summed E-state index contributed by atoms with van der Waals surface area (Å²) in [5, 5.41) is 13.4. The lowest BCUT2D eigenvalue weighted by molar-refractivity contribution is -0.127. The molecule has 2 bridgehead atoms. The average molecular weight is 360 g/mol. The van der Waals surface area contributed by atoms with Gasteiger partial charge in [0.1, 0.15) is 5.69 Å². The molecule has 132 valence electrons. The SMILES string of the molecule is CC(=O)c1cn(C[C@H]2C[C@H]3CCN2C[C@@H]3C(=O)Nc2nccs2)nn1. The fourth-order valence-electron chi connectivity index (χ4n) is 3.87. The van der Waals surface area contributed by atoms with Crippen LogP contribution >= 0.6 is 11.3 Å². The second-order valence-corrected chi connectivity index (χ2v) is 7.64. The number of aromatic nitrogens is 4. The van der Waals surface area contributed by atoms with Crippen LogP contribution in [0.3, 0.4) is 0 Å². The number of Topliss-reactive ketones (excluding diaryl/α,β-unsaturated/α-hetero) is 1. The van der Waals surface area contributed by atoms with Gasteiger partial charge < -0.3 is 5.32 Å². The summed E-state index contributed by atoms with van der Waals surface area (Å²) in [5.41, 5.74) is 0.400. The summed E-state index contributed by atoms with van der Waals surface area (Å²) in [6.07, 6.45) is 5.41. The van der Waals surface area contributed by atoms with Gasteiger partial charge in [-0.3, -0.25) is 19.2 Å². The lowest BCUT2D eigenvalue weighted by atomic mass is 9.75. The van der Waals surface area contributed by atoms with E-state index in [1.165, 1.54) is 18.3 Å². The Kier molecular flexibility index (Phi) is 4.34. The van der Waals surface area contributed by atoms with E-state index in [4.69, 9.17) is 0 Å². The van der Waals surface area contributed by atoms with Gasteiger partial charge >= 0.3 is 0 Å². The van der Waals surface area contributed by atoms with Crippen LogP contribution in [0.1, 0.15) is 30.3 Å². The van der Waals surface area contributed by atoms with Crippen LogP contribution < -0.4 is 5.32 Å². The number of carbonyl (C=O) groups excluding carboxylic acids is 2. The highest BCUT2D eigenvalue weighted by Crippen LogP contribution is 2.37. The van der Waals surface area contributed by atoms with Crippen LogP contribution in [-0.2, 0) is 11.3 Å². The van der Waals surface area contributed by atoms with Gasteiger partial charge in [0.2, 0.25) is 5.91 Å². The van der Waals surface area contributed by atoms with Crippen molar-refractivity contribution in [1.29, 1.82) is 0 Å². The van der Waals surface area contributed by atoms with Crippen molar-refractivity contribution in [3.05, 3.63) is 23.5 Å². The molecule has 0 aromatic carbocycles. The largest absolute Gasteiger partial charge is 0.302 e. The molecule has 1 amide bonds. The van der Waals surface area contributed by atoms with E-state index >= 15 is 0 Å². The predicted molar refractivity (Wildman–Crippen MR) is 92.3 cm³/mol. The second-order valence-electron chi connectivity index (χ2n) is 6.75. The molecule has 2 aromatic heterocycles. The summed E-state index contributed by atoms with van der Waals surface area (Å²) in [7, 11) is 0. The number of hydrogen-bond donors (Lipinski definition) is 1. The van der Waals surface area contributed by atoms with E-state index in [1.54, 1.807) is 17.1 Å². The summed E-state index contributed by atoms with van der Waals surface area (Å²) >= 11 is 1.44. The van der Waals surface area contributed by atoms with Crippen LogP contribution in [0, 0.1) is 11.8 Å². The maximum Gasteiger partial charge on any atom is 0.230 e. The van der Waals surface area contributed by atoms with E-state index < -0.39 is 0 Å². The maximum absolute atomic E-state index is 12.6. The summed E-state index contributed by atoms with van der Waals surface area (Å²) in [4.78, 5) is 30.4. The number of fused-ring (bicyclic) bond motifs is 3. The van der Waals surface area contributed by atoms with E-state index in [1.807, 2.05) is 5.38 Å². The minimum absolute atomic E-state index is 0.0115. The summed E-state index contributed by atoms with van der Waals surface area (Å²) < 4.78 is 1.74. The Bertz CT molecular complexity index is 773. The van der Waals surface area contributed by atoms with Gasteiger partial charge in [-0.15, -0.1) is 16.4 Å². The number of piperidine rings is 3. The third kappa shape index (κ3) is 3.34. The van der Waals surface area contributed by atoms with Crippen molar-refractivity contribution in [1.82, 2.24) is 24.9 Å². The molecule has 0 radical (unpaired) electrons. The van der Waals surface area contributed by atoms with Crippen molar-refractivity contribution in [2.24, 2.45) is 11.8 Å². The highest BCUT2D eigenvalue weighted by atomic mass is 32.1. The van der Waals surface area contributed by atoms with E-state index in [0.717, 1.165) is 25.9 Å². The first-order valence-corrected chi connectivity index (χ1v) is 9.33. The molecule has 3 aliphatic heterocycles. The molecule has 8 nitrogen and oxygen atoms in total. The lowest BCUT2D eigenvalue weighted by Gasteiger charge is -2.49. The highest BCUT2D eigenvalue weighted by molar-refractivity contribution is 7.13. The number of rotatable bonds is 5. The monoisotopic (exact) mass is 360 g/mol. The normalized spacial score (nSPS) is 28.0. The Balaban J connectivity index is 1.39. The van der Waals surface area contributed by atoms with Crippen LogP contribution in [-0.4, -0.2) is 55.7 Å². The molecule has 0 spiro atoms. The molecule has 1 unspecified atom stereocenters. The third-order valence-electron chi connectivity index (χ3n) is 5.17. The Morgan fingerprint density at radius 3 is 2.96 bits per heavy atom. The van der Waals surface area contributed by atoms with Crippen LogP contribution in [0.2, 0.25) is 0 Å². The van der Waals surface area contributed by atoms with E-state index in [2.05, 4.69) is 25.5 Å². The van der Waals surface area contributed by atoms with E-state index in [-0.39, 0.29) is 17.6 Å². The zero-order chi connectivity index (χ0) is 17.4. The smallest absolute Gasteiger partial charge is 0.230 e. The number of anilines is 1. The minimum Gasteiger partial charge on any atom is -0.302 e. The molecule has 5 rings (SSSR count). The van der Waals surface area contributed by atoms with Gasteiger partial charge in [-0.1, -0.05) is 5.21 Å². The standard InChI is InChI=1S/C16H20N6O2S/c1-10(23)14-9-22(20-19-14)7-12-6-11-2-4-21(12)8-13(11)15(24)18-16-17-3-5-25-16/h3,5,9,11-13H,2,4,6-8H2,1H3,(H,17,18,24)/t11-,12-,13+/m1/s1. The molecule has 1 N–H and O–H groups in total. The van der Waals surface area contributed by atoms with Gasteiger partial charge in [-0.05, 0) is 25.3 Å². The number of nitrogens with one attached hydrogen (secondary N) is 1. The quantitative estimate of drug-likeness (QED) is 0.808. The van der Waals surface area contributed by atoms with Gasteiger partial charge in [0, 0.05) is 31.1 Å². The number of nitrogens with zero attached hydrogens (tertiary/aromatic N) is 5. The van der Waals surface area contributed by atoms with Crippen LogP contribution in [0.15, 0.2) is 17.8 Å². The van der Waals surface area contributed by atoms with Gasteiger partial charge in [-0.2, -0.15) is 0 Å². The van der Waals surface area contributed by atoms with Crippen molar-refractivity contribution in [3.8, 4) is 0 Å². The minimum atomic E-state index is -0.0735. The van der Waals surface area contributed by atoms with Crippen molar-refractivity contribution in [2.45, 2.75) is 32.4 Å². The number of ketones is 1. The molecular formula is C16H20N6O2S. The van der Waals surface area contributed by atoms with E-state index in [0.29, 0.717) is 29.3 Å². The third-order valence-corrected chi connectivity index (χ3v) is 5.86. The molecule has 5 heterocycles. The molecule has 3 saturated heterocycles. The second kappa shape index (κ2) is 6.64. The fourth-order valence-corrected chi connectivity index (χ4v) is 4.41. The van der Waals surface area contributed by atoms with Crippen LogP contribution in [0.25, 0.3) is 0 Å². The summed E-state index contributed by atoms with van der Waals surface area (Å²) in [6.45, 7) is 3.97. The molecule has 25 heavy (non-hydrogen) atoms. The Hall–Kier alpha value is -2.13. The highest BCUT2D eigenvalue weighted by Gasteiger charge is 2.43. The number of carbonyl (C=O) groups is 2. The first-order chi connectivity index (χ1) is 12.1. The summed E-state index contributed by atoms with van der Waals surface area (Å²) in [5.74, 6) is 0.390. The van der Waals surface area contributed by atoms with Gasteiger partial charge in [0.05, 0.1) is 18.7 Å². The van der Waals surface area contributed by atoms with Gasteiger partial charge in [0.25, 0.3) is 0 Å². The van der Waals surface area contributed by atoms with Crippen molar-refractivity contribution in [2.75, 3.05) is 18.4 Å². The molecule has 0 saturated carbocycles. The zero-order valence-corrected chi connectivity index (χ0v) is 14.8. The molecule has 4 atom stereocenters. The van der Waals surface area contributed by atoms with Crippen molar-refractivity contribution >= 4 is 28.2 Å². The molecule has 2 aromatic rings. The number of hydrogen-bond acceptors (Lipinski definition) is 7. The number of amides is 1. The van der Waals surface area contributed by atoms with E-state index in [9.17, 15) is 9.59 Å². The Labute approximate surface area is 149 Å². The summed E-state index contributed by atoms with van der Waals surface area (Å²) in [6, 6.07) is 0.337. The Morgan fingerprint density at radius 1 is 1.44 bits per heavy atom. The van der Waals surface area contributed by atoms with Crippen LogP contribution in [0.5, 0.6) is 0 Å². The zero-order valence-electron chi connectivity index (χ0n) is 14.0. The van der Waals surface area contributed by atoms with Gasteiger partial charge in [-0.25, -0.2) is 4.98 Å². The fraction of sp³-hybridized carbons (Fsp3) is 0.562. The molecule has 3 aliphatic rings. The van der Waals surface area contributed by atoms with Crippen molar-refractivity contribution in [3.63, 3.8) is 0 Å². The molecule has 3 fully saturated rings. The first kappa shape index (κ1) is 16.3. The predicted octanol–water partition coefficient (Wildman–Crippen LogP) is 1.29. The lowest BCUT2D eigenvalue weighted by Crippen LogP contribution is -2.57. The Morgan fingerprint density at radius 2 is 2.32 bits per heavy atom. The maximum atomic E-state index is 12.6. The molecule has 0 aliphatic carbocycles. The van der Waals surface area contributed by atoms with Gasteiger partial charge in [0.15, 0.2) is 10.9 Å². The molecular weight excluding hydrogens is 340 g/mol. The van der Waals surface area contributed by atoms with Crippen molar-refractivity contribution < 1.29 is 9.59 Å². The average Bonchev–Trinajstić information content (AvgIpc) is 3.27. The topological polar surface area (TPSA) is 93.0 Å².